The summed E-state index contributed by atoms with van der Waals surface area (Å²) in [6, 6.07) is 24.8. The number of allylic oxidation sites excluding steroid dienone is 1. The van der Waals surface area contributed by atoms with E-state index in [0.717, 1.165) is 21.8 Å². The molecule has 4 aromatic rings. The van der Waals surface area contributed by atoms with Gasteiger partial charge in [-0.05, 0) is 60.5 Å². The van der Waals surface area contributed by atoms with E-state index in [0.29, 0.717) is 0 Å². The molecule has 0 amide bonds. The van der Waals surface area contributed by atoms with Crippen LogP contribution in [0.4, 0.5) is 5.69 Å². The van der Waals surface area contributed by atoms with Crippen molar-refractivity contribution in [3.63, 3.8) is 0 Å². The van der Waals surface area contributed by atoms with Crippen molar-refractivity contribution in [2.45, 2.75) is 6.92 Å². The third-order valence-corrected chi connectivity index (χ3v) is 5.12. The van der Waals surface area contributed by atoms with Crippen molar-refractivity contribution in [3.8, 4) is 10.6 Å². The van der Waals surface area contributed by atoms with Crippen LogP contribution in [0.15, 0.2) is 83.9 Å². The molecule has 0 aliphatic heterocycles. The van der Waals surface area contributed by atoms with Crippen LogP contribution in [-0.2, 0) is 0 Å². The quantitative estimate of drug-likeness (QED) is 0.375. The minimum Gasteiger partial charge on any atom is -0.257 e. The van der Waals surface area contributed by atoms with Crippen LogP contribution in [-0.4, -0.2) is 11.2 Å². The monoisotopic (exact) mass is 354 g/mol. The van der Waals surface area contributed by atoms with Crippen LogP contribution >= 0.6 is 11.3 Å². The van der Waals surface area contributed by atoms with Crippen LogP contribution < -0.4 is 0 Å². The molecule has 26 heavy (non-hydrogen) atoms. The molecule has 0 spiro atoms. The Kier molecular flexibility index (Phi) is 4.71. The number of aromatic nitrogens is 1. The second-order valence-electron chi connectivity index (χ2n) is 6.09. The largest absolute Gasteiger partial charge is 0.257 e. The lowest BCUT2D eigenvalue weighted by Crippen LogP contribution is -1.75. The zero-order valence-corrected chi connectivity index (χ0v) is 15.3. The van der Waals surface area contributed by atoms with Crippen molar-refractivity contribution in [1.82, 2.24) is 4.98 Å². The summed E-state index contributed by atoms with van der Waals surface area (Å²) in [6.07, 6.45) is 5.82. The van der Waals surface area contributed by atoms with E-state index in [1.54, 1.807) is 11.3 Å². The molecule has 0 saturated carbocycles. The van der Waals surface area contributed by atoms with Gasteiger partial charge in [-0.2, -0.15) is 0 Å². The highest BCUT2D eigenvalue weighted by atomic mass is 32.1. The normalized spacial score (nSPS) is 11.7. The highest BCUT2D eigenvalue weighted by Gasteiger charge is 2.06. The van der Waals surface area contributed by atoms with Gasteiger partial charge in [-0.15, -0.1) is 11.3 Å². The first kappa shape index (κ1) is 16.4. The van der Waals surface area contributed by atoms with E-state index >= 15 is 0 Å². The zero-order chi connectivity index (χ0) is 17.8. The van der Waals surface area contributed by atoms with Crippen molar-refractivity contribution in [3.05, 3.63) is 90.0 Å². The molecular formula is C23H18N2S. The average molecular weight is 354 g/mol. The summed E-state index contributed by atoms with van der Waals surface area (Å²) in [5, 5.41) is 1.05. The maximum atomic E-state index is 4.73. The summed E-state index contributed by atoms with van der Waals surface area (Å²) < 4.78 is 1.23. The third kappa shape index (κ3) is 3.79. The molecule has 4 rings (SSSR count). The lowest BCUT2D eigenvalue weighted by atomic mass is 10.2. The van der Waals surface area contributed by atoms with Gasteiger partial charge in [-0.1, -0.05) is 42.5 Å². The predicted octanol–water partition coefficient (Wildman–Crippen LogP) is 6.69. The van der Waals surface area contributed by atoms with Crippen molar-refractivity contribution < 1.29 is 0 Å². The van der Waals surface area contributed by atoms with E-state index in [1.165, 1.54) is 15.8 Å². The van der Waals surface area contributed by atoms with Crippen LogP contribution in [0.2, 0.25) is 0 Å². The summed E-state index contributed by atoms with van der Waals surface area (Å²) >= 11 is 1.73. The van der Waals surface area contributed by atoms with E-state index in [9.17, 15) is 0 Å². The van der Waals surface area contributed by atoms with E-state index in [1.807, 2.05) is 48.7 Å². The summed E-state index contributed by atoms with van der Waals surface area (Å²) in [4.78, 5) is 9.21. The van der Waals surface area contributed by atoms with Crippen molar-refractivity contribution >= 4 is 39.5 Å². The molecular weight excluding hydrogens is 336 g/mol. The number of fused-ring (bicyclic) bond motifs is 1. The first-order valence-corrected chi connectivity index (χ1v) is 9.33. The van der Waals surface area contributed by atoms with Crippen LogP contribution in [0, 0.1) is 6.92 Å². The molecule has 0 radical (unpaired) electrons. The molecule has 3 aromatic carbocycles. The summed E-state index contributed by atoms with van der Waals surface area (Å²) in [7, 11) is 0. The summed E-state index contributed by atoms with van der Waals surface area (Å²) in [6.45, 7) is 2.11. The van der Waals surface area contributed by atoms with Crippen LogP contribution in [0.3, 0.4) is 0 Å². The van der Waals surface area contributed by atoms with Crippen molar-refractivity contribution in [2.24, 2.45) is 4.99 Å². The Morgan fingerprint density at radius 2 is 1.73 bits per heavy atom. The molecule has 0 bridgehead atoms. The number of nitrogens with zero attached hydrogens (tertiary/aromatic N) is 2. The Morgan fingerprint density at radius 1 is 0.923 bits per heavy atom. The highest BCUT2D eigenvalue weighted by Crippen LogP contribution is 2.31. The molecule has 0 N–H and O–H groups in total. The SMILES string of the molecule is Cc1ccc2nc(-c3ccc(N=C/C=C/c4ccccc4)cc3)sc2c1. The zero-order valence-electron chi connectivity index (χ0n) is 14.5. The van der Waals surface area contributed by atoms with Crippen LogP contribution in [0.25, 0.3) is 26.9 Å². The van der Waals surface area contributed by atoms with Gasteiger partial charge in [0, 0.05) is 11.8 Å². The second-order valence-corrected chi connectivity index (χ2v) is 7.12. The minimum atomic E-state index is 0.934. The number of hydrogen-bond donors (Lipinski definition) is 0. The molecule has 3 heteroatoms. The smallest absolute Gasteiger partial charge is 0.124 e. The fourth-order valence-corrected chi connectivity index (χ4v) is 3.76. The predicted molar refractivity (Wildman–Crippen MR) is 113 cm³/mol. The Bertz CT molecular complexity index is 1070. The van der Waals surface area contributed by atoms with Crippen LogP contribution in [0.1, 0.15) is 11.1 Å². The Labute approximate surface area is 157 Å². The Hall–Kier alpha value is -3.04. The van der Waals surface area contributed by atoms with Gasteiger partial charge in [-0.25, -0.2) is 4.98 Å². The third-order valence-electron chi connectivity index (χ3n) is 4.06. The van der Waals surface area contributed by atoms with Gasteiger partial charge in [0.1, 0.15) is 5.01 Å². The standard InChI is InChI=1S/C23H18N2S/c1-17-9-14-21-22(16-17)26-23(25-21)19-10-12-20(13-11-19)24-15-5-8-18-6-3-2-4-7-18/h2-16H,1H3/b8-5+,24-15?. The molecule has 0 fully saturated rings. The van der Waals surface area contributed by atoms with Gasteiger partial charge in [-0.3, -0.25) is 4.99 Å². The summed E-state index contributed by atoms with van der Waals surface area (Å²) in [5.41, 5.74) is 5.55. The molecule has 1 aromatic heterocycles. The van der Waals surface area contributed by atoms with E-state index in [-0.39, 0.29) is 0 Å². The molecule has 0 atom stereocenters. The molecule has 0 aliphatic carbocycles. The number of aliphatic imine (C=N–C) groups is 1. The number of hydrogen-bond acceptors (Lipinski definition) is 3. The summed E-state index contributed by atoms with van der Waals surface area (Å²) in [5.74, 6) is 0. The molecule has 0 aliphatic rings. The van der Waals surface area contributed by atoms with Gasteiger partial charge in [0.25, 0.3) is 0 Å². The van der Waals surface area contributed by atoms with Gasteiger partial charge in [0.05, 0.1) is 15.9 Å². The first-order chi connectivity index (χ1) is 12.8. The highest BCUT2D eigenvalue weighted by molar-refractivity contribution is 7.21. The number of aryl methyl sites for hydroxylation is 1. The average Bonchev–Trinajstić information content (AvgIpc) is 3.10. The van der Waals surface area contributed by atoms with Gasteiger partial charge < -0.3 is 0 Å². The first-order valence-electron chi connectivity index (χ1n) is 8.51. The van der Waals surface area contributed by atoms with Crippen molar-refractivity contribution in [1.29, 1.82) is 0 Å². The molecule has 126 valence electrons. The Balaban J connectivity index is 1.49. The van der Waals surface area contributed by atoms with E-state index in [2.05, 4.69) is 54.4 Å². The maximum Gasteiger partial charge on any atom is 0.124 e. The van der Waals surface area contributed by atoms with E-state index in [4.69, 9.17) is 4.98 Å². The van der Waals surface area contributed by atoms with Crippen molar-refractivity contribution in [2.75, 3.05) is 0 Å². The number of thiazole rings is 1. The maximum absolute atomic E-state index is 4.73. The fraction of sp³-hybridized carbons (Fsp3) is 0.0435. The number of rotatable bonds is 4. The molecule has 0 unspecified atom stereocenters. The second kappa shape index (κ2) is 7.46. The Morgan fingerprint density at radius 3 is 2.54 bits per heavy atom. The molecule has 0 saturated heterocycles. The van der Waals surface area contributed by atoms with Gasteiger partial charge >= 0.3 is 0 Å². The molecule has 2 nitrogen and oxygen atoms in total. The van der Waals surface area contributed by atoms with Gasteiger partial charge in [0.15, 0.2) is 0 Å². The van der Waals surface area contributed by atoms with Gasteiger partial charge in [0.2, 0.25) is 0 Å². The lowest BCUT2D eigenvalue weighted by Gasteiger charge is -1.97. The lowest BCUT2D eigenvalue weighted by molar-refractivity contribution is 1.45. The topological polar surface area (TPSA) is 25.2 Å². The minimum absolute atomic E-state index is 0.934. The fourth-order valence-electron chi connectivity index (χ4n) is 2.69. The molecule has 1 heterocycles. The van der Waals surface area contributed by atoms with Crippen LogP contribution in [0.5, 0.6) is 0 Å². The van der Waals surface area contributed by atoms with E-state index < -0.39 is 0 Å². The number of benzene rings is 3.